The van der Waals surface area contributed by atoms with E-state index in [1.165, 1.54) is 0 Å². The summed E-state index contributed by atoms with van der Waals surface area (Å²) in [6.07, 6.45) is -2.49. The van der Waals surface area contributed by atoms with Crippen LogP contribution < -0.4 is 10.6 Å². The minimum Gasteiger partial charge on any atom is -0.379 e. The maximum absolute atomic E-state index is 12.9. The Morgan fingerprint density at radius 1 is 1.24 bits per heavy atom. The van der Waals surface area contributed by atoms with E-state index < -0.39 is 12.1 Å². The molecule has 150 valence electrons. The van der Waals surface area contributed by atoms with Crippen LogP contribution in [0, 0.1) is 11.3 Å². The molecule has 3 atom stereocenters. The summed E-state index contributed by atoms with van der Waals surface area (Å²) in [4.78, 5) is 4.52. The van der Waals surface area contributed by atoms with Gasteiger partial charge >= 0.3 is 6.18 Å². The van der Waals surface area contributed by atoms with Crippen LogP contribution in [0.4, 0.5) is 13.2 Å². The van der Waals surface area contributed by atoms with Crippen molar-refractivity contribution < 1.29 is 17.9 Å². The van der Waals surface area contributed by atoms with Gasteiger partial charge in [-0.2, -0.15) is 13.2 Å². The smallest absolute Gasteiger partial charge is 0.379 e. The molecule has 0 aromatic carbocycles. The van der Waals surface area contributed by atoms with Crippen molar-refractivity contribution in [1.29, 1.82) is 0 Å². The standard InChI is InChI=1S/C17H32F3N3O.HI/c1-6-21-15(22-11-14(24-5)16(2,3)4)23-13-9-7-8-12(10-13)17(18,19)20;/h12-14H,6-11H2,1-5H3,(H2,21,22,23);1H. The second-order valence-electron chi connectivity index (χ2n) is 7.56. The molecule has 25 heavy (non-hydrogen) atoms. The van der Waals surface area contributed by atoms with Crippen molar-refractivity contribution in [3.05, 3.63) is 0 Å². The van der Waals surface area contributed by atoms with Crippen LogP contribution in [0.1, 0.15) is 53.4 Å². The van der Waals surface area contributed by atoms with Crippen LogP contribution in [-0.2, 0) is 4.74 Å². The van der Waals surface area contributed by atoms with E-state index in [1.54, 1.807) is 7.11 Å². The summed E-state index contributed by atoms with van der Waals surface area (Å²) in [7, 11) is 1.65. The van der Waals surface area contributed by atoms with Crippen LogP contribution in [0.2, 0.25) is 0 Å². The van der Waals surface area contributed by atoms with E-state index >= 15 is 0 Å². The molecule has 0 aliphatic heterocycles. The highest BCUT2D eigenvalue weighted by atomic mass is 127. The molecule has 1 aliphatic rings. The van der Waals surface area contributed by atoms with E-state index in [0.29, 0.717) is 25.5 Å². The Morgan fingerprint density at radius 3 is 2.36 bits per heavy atom. The van der Waals surface area contributed by atoms with E-state index in [9.17, 15) is 13.2 Å². The molecule has 0 amide bonds. The van der Waals surface area contributed by atoms with Crippen molar-refractivity contribution in [2.45, 2.75) is 71.7 Å². The Balaban J connectivity index is 0.00000576. The first-order valence-corrected chi connectivity index (χ1v) is 8.72. The van der Waals surface area contributed by atoms with Crippen molar-refractivity contribution >= 4 is 29.9 Å². The van der Waals surface area contributed by atoms with Crippen molar-refractivity contribution in [3.63, 3.8) is 0 Å². The minimum atomic E-state index is -4.11. The quantitative estimate of drug-likeness (QED) is 0.351. The molecule has 0 radical (unpaired) electrons. The third-order valence-corrected chi connectivity index (χ3v) is 4.49. The maximum atomic E-state index is 12.9. The average molecular weight is 479 g/mol. The first kappa shape index (κ1) is 24.8. The lowest BCUT2D eigenvalue weighted by molar-refractivity contribution is -0.183. The van der Waals surface area contributed by atoms with E-state index in [1.807, 2.05) is 6.92 Å². The third kappa shape index (κ3) is 8.79. The Morgan fingerprint density at radius 2 is 1.88 bits per heavy atom. The van der Waals surface area contributed by atoms with Gasteiger partial charge in [-0.15, -0.1) is 24.0 Å². The van der Waals surface area contributed by atoms with Crippen molar-refractivity contribution in [1.82, 2.24) is 10.6 Å². The molecule has 1 saturated carbocycles. The molecule has 0 bridgehead atoms. The first-order valence-electron chi connectivity index (χ1n) is 8.72. The highest BCUT2D eigenvalue weighted by Crippen LogP contribution is 2.37. The number of nitrogens with one attached hydrogen (secondary N) is 2. The molecule has 0 aromatic rings. The lowest BCUT2D eigenvalue weighted by Crippen LogP contribution is -2.47. The molecule has 1 aliphatic carbocycles. The Bertz CT molecular complexity index is 411. The summed E-state index contributed by atoms with van der Waals surface area (Å²) in [5, 5.41) is 6.29. The normalized spacial score (nSPS) is 23.6. The Hall–Kier alpha value is -0.250. The van der Waals surface area contributed by atoms with Gasteiger partial charge in [0.2, 0.25) is 0 Å². The van der Waals surface area contributed by atoms with Crippen LogP contribution in [0.3, 0.4) is 0 Å². The molecule has 0 heterocycles. The molecular weight excluding hydrogens is 446 g/mol. The largest absolute Gasteiger partial charge is 0.391 e. The van der Waals surface area contributed by atoms with Crippen LogP contribution in [0.15, 0.2) is 4.99 Å². The molecule has 0 saturated heterocycles. The maximum Gasteiger partial charge on any atom is 0.391 e. The predicted octanol–water partition coefficient (Wildman–Crippen LogP) is 4.34. The van der Waals surface area contributed by atoms with Gasteiger partial charge in [0.1, 0.15) is 0 Å². The number of alkyl halides is 3. The highest BCUT2D eigenvalue weighted by molar-refractivity contribution is 14.0. The van der Waals surface area contributed by atoms with Gasteiger partial charge < -0.3 is 15.4 Å². The fourth-order valence-corrected chi connectivity index (χ4v) is 3.01. The molecular formula is C17H33F3IN3O. The molecule has 1 fully saturated rings. The highest BCUT2D eigenvalue weighted by Gasteiger charge is 2.42. The van der Waals surface area contributed by atoms with Crippen LogP contribution >= 0.6 is 24.0 Å². The van der Waals surface area contributed by atoms with Gasteiger partial charge in [-0.05, 0) is 31.6 Å². The fraction of sp³-hybridized carbons (Fsp3) is 0.941. The number of methoxy groups -OCH3 is 1. The Kier molecular flexibility index (Phi) is 10.7. The molecule has 0 aromatic heterocycles. The zero-order valence-corrected chi connectivity index (χ0v) is 18.2. The van der Waals surface area contributed by atoms with Gasteiger partial charge in [0, 0.05) is 19.7 Å². The molecule has 4 nitrogen and oxygen atoms in total. The van der Waals surface area contributed by atoms with Gasteiger partial charge in [0.05, 0.1) is 18.6 Å². The minimum absolute atomic E-state index is 0. The topological polar surface area (TPSA) is 45.7 Å². The summed E-state index contributed by atoms with van der Waals surface area (Å²) in [5.74, 6) is -0.649. The predicted molar refractivity (Wildman–Crippen MR) is 107 cm³/mol. The van der Waals surface area contributed by atoms with Gasteiger partial charge in [0.25, 0.3) is 0 Å². The van der Waals surface area contributed by atoms with E-state index in [4.69, 9.17) is 4.74 Å². The lowest BCUT2D eigenvalue weighted by atomic mass is 9.85. The lowest BCUT2D eigenvalue weighted by Gasteiger charge is -2.32. The van der Waals surface area contributed by atoms with Gasteiger partial charge in [-0.1, -0.05) is 27.2 Å². The number of hydrogen-bond acceptors (Lipinski definition) is 2. The number of halogens is 4. The molecule has 3 unspecified atom stereocenters. The third-order valence-electron chi connectivity index (χ3n) is 4.49. The van der Waals surface area contributed by atoms with Gasteiger partial charge in [0.15, 0.2) is 5.96 Å². The summed E-state index contributed by atoms with van der Waals surface area (Å²) in [6.45, 7) is 9.29. The second kappa shape index (κ2) is 10.8. The number of aliphatic imine (C=N–C) groups is 1. The Labute approximate surface area is 166 Å². The molecule has 1 rings (SSSR count). The van der Waals surface area contributed by atoms with Gasteiger partial charge in [-0.25, -0.2) is 0 Å². The summed E-state index contributed by atoms with van der Waals surface area (Å²) < 4.78 is 44.3. The van der Waals surface area contributed by atoms with Crippen LogP contribution in [-0.4, -0.2) is 44.5 Å². The number of ether oxygens (including phenoxy) is 1. The number of nitrogens with zero attached hydrogens (tertiary/aromatic N) is 1. The molecule has 0 spiro atoms. The van der Waals surface area contributed by atoms with Crippen LogP contribution in [0.5, 0.6) is 0 Å². The summed E-state index contributed by atoms with van der Waals surface area (Å²) >= 11 is 0. The number of rotatable bonds is 5. The summed E-state index contributed by atoms with van der Waals surface area (Å²) in [5.41, 5.74) is -0.0538. The van der Waals surface area contributed by atoms with E-state index in [0.717, 1.165) is 6.42 Å². The summed E-state index contributed by atoms with van der Waals surface area (Å²) in [6, 6.07) is -0.196. The first-order chi connectivity index (χ1) is 11.1. The number of hydrogen-bond donors (Lipinski definition) is 2. The fourth-order valence-electron chi connectivity index (χ4n) is 3.01. The molecule has 2 N–H and O–H groups in total. The monoisotopic (exact) mass is 479 g/mol. The average Bonchev–Trinajstić information content (AvgIpc) is 2.46. The van der Waals surface area contributed by atoms with Gasteiger partial charge in [-0.3, -0.25) is 4.99 Å². The van der Waals surface area contributed by atoms with Crippen LogP contribution in [0.25, 0.3) is 0 Å². The van der Waals surface area contributed by atoms with E-state index in [-0.39, 0.29) is 54.4 Å². The zero-order valence-electron chi connectivity index (χ0n) is 15.9. The number of guanidine groups is 1. The SMILES string of the molecule is CCNC(=NCC(OC)C(C)(C)C)NC1CCCC(C(F)(F)F)C1.I. The van der Waals surface area contributed by atoms with E-state index in [2.05, 4.69) is 36.4 Å². The van der Waals surface area contributed by atoms with Crippen molar-refractivity contribution in [2.24, 2.45) is 16.3 Å². The van der Waals surface area contributed by atoms with Crippen molar-refractivity contribution in [2.75, 3.05) is 20.2 Å². The second-order valence-corrected chi connectivity index (χ2v) is 7.56. The zero-order chi connectivity index (χ0) is 18.4. The molecule has 8 heteroatoms. The van der Waals surface area contributed by atoms with Crippen molar-refractivity contribution in [3.8, 4) is 0 Å².